The Morgan fingerprint density at radius 1 is 1.41 bits per heavy atom. The van der Waals surface area contributed by atoms with Crippen LogP contribution in [0.25, 0.3) is 0 Å². The van der Waals surface area contributed by atoms with Crippen LogP contribution >= 0.6 is 11.5 Å². The normalized spacial score (nSPS) is 10.8. The van der Waals surface area contributed by atoms with Gasteiger partial charge in [0.05, 0.1) is 5.69 Å². The van der Waals surface area contributed by atoms with Crippen LogP contribution in [0, 0.1) is 0 Å². The second kappa shape index (κ2) is 7.34. The number of rotatable bonds is 7. The molecule has 1 amide bonds. The zero-order chi connectivity index (χ0) is 12.7. The summed E-state index contributed by atoms with van der Waals surface area (Å²) in [6.45, 7) is 8.66. The van der Waals surface area contributed by atoms with E-state index in [1.165, 1.54) is 11.5 Å². The molecule has 1 aromatic heterocycles. The van der Waals surface area contributed by atoms with Crippen LogP contribution in [0.4, 0.5) is 0 Å². The zero-order valence-electron chi connectivity index (χ0n) is 10.6. The van der Waals surface area contributed by atoms with Gasteiger partial charge in [0.2, 0.25) is 0 Å². The predicted molar refractivity (Wildman–Crippen MR) is 69.5 cm³/mol. The van der Waals surface area contributed by atoms with Crippen molar-refractivity contribution in [3.05, 3.63) is 10.6 Å². The summed E-state index contributed by atoms with van der Waals surface area (Å²) in [4.78, 5) is 12.5. The predicted octanol–water partition coefficient (Wildman–Crippen LogP) is 1.39. The Labute approximate surface area is 106 Å². The van der Waals surface area contributed by atoms with Crippen molar-refractivity contribution >= 4 is 17.4 Å². The van der Waals surface area contributed by atoms with Crippen LogP contribution in [0.3, 0.4) is 0 Å². The lowest BCUT2D eigenvalue weighted by molar-refractivity contribution is 0.0956. The Morgan fingerprint density at radius 2 is 2.18 bits per heavy atom. The molecule has 0 unspecified atom stereocenters. The molecule has 0 aromatic carbocycles. The number of nitrogens with zero attached hydrogens (tertiary/aromatic N) is 2. The molecule has 17 heavy (non-hydrogen) atoms. The molecule has 0 atom stereocenters. The molecule has 0 radical (unpaired) electrons. The highest BCUT2D eigenvalue weighted by molar-refractivity contribution is 7.08. The Morgan fingerprint density at radius 3 is 2.82 bits per heavy atom. The number of carbonyl (C=O) groups excluding carboxylic acids is 1. The van der Waals surface area contributed by atoms with E-state index in [1.54, 1.807) is 0 Å². The summed E-state index contributed by atoms with van der Waals surface area (Å²) in [7, 11) is 0. The molecule has 0 bridgehead atoms. The van der Waals surface area contributed by atoms with E-state index in [-0.39, 0.29) is 11.8 Å². The highest BCUT2D eigenvalue weighted by Crippen LogP contribution is 2.19. The molecule has 0 saturated heterocycles. The summed E-state index contributed by atoms with van der Waals surface area (Å²) in [6.07, 6.45) is 0.933. The quantitative estimate of drug-likeness (QED) is 0.724. The van der Waals surface area contributed by atoms with Crippen LogP contribution < -0.4 is 10.6 Å². The van der Waals surface area contributed by atoms with Crippen molar-refractivity contribution < 1.29 is 4.79 Å². The first kappa shape index (κ1) is 14.1. The van der Waals surface area contributed by atoms with Crippen LogP contribution in [0.5, 0.6) is 0 Å². The van der Waals surface area contributed by atoms with Crippen LogP contribution in [-0.2, 0) is 0 Å². The third kappa shape index (κ3) is 4.40. The van der Waals surface area contributed by atoms with E-state index in [9.17, 15) is 4.79 Å². The maximum Gasteiger partial charge on any atom is 0.264 e. The standard InChI is InChI=1S/C11H20N4OS/c1-4-12-6-5-7-13-11(16)10-9(8(2)3)14-15-17-10/h8,12H,4-7H2,1-3H3,(H,13,16). The number of aromatic nitrogens is 2. The smallest absolute Gasteiger partial charge is 0.264 e. The molecule has 1 aromatic rings. The largest absolute Gasteiger partial charge is 0.351 e. The van der Waals surface area contributed by atoms with Gasteiger partial charge in [-0.3, -0.25) is 4.79 Å². The molecular formula is C11H20N4OS. The van der Waals surface area contributed by atoms with Crippen LogP contribution in [-0.4, -0.2) is 35.1 Å². The SMILES string of the molecule is CCNCCCNC(=O)c1snnc1C(C)C. The number of hydrogen-bond acceptors (Lipinski definition) is 5. The molecule has 96 valence electrons. The maximum atomic E-state index is 11.9. The summed E-state index contributed by atoms with van der Waals surface area (Å²) in [5.41, 5.74) is 0.791. The average molecular weight is 256 g/mol. The molecule has 1 rings (SSSR count). The van der Waals surface area contributed by atoms with Gasteiger partial charge < -0.3 is 10.6 Å². The van der Waals surface area contributed by atoms with Gasteiger partial charge in [0.15, 0.2) is 0 Å². The summed E-state index contributed by atoms with van der Waals surface area (Å²) in [5, 5.41) is 10.1. The number of amides is 1. The lowest BCUT2D eigenvalue weighted by atomic mass is 10.1. The van der Waals surface area contributed by atoms with Gasteiger partial charge in [0.25, 0.3) is 5.91 Å². The molecule has 2 N–H and O–H groups in total. The third-order valence-corrected chi connectivity index (χ3v) is 3.07. The van der Waals surface area contributed by atoms with Gasteiger partial charge in [-0.25, -0.2) is 0 Å². The molecule has 5 nitrogen and oxygen atoms in total. The van der Waals surface area contributed by atoms with E-state index in [1.807, 2.05) is 13.8 Å². The van der Waals surface area contributed by atoms with Gasteiger partial charge >= 0.3 is 0 Å². The van der Waals surface area contributed by atoms with Crippen molar-refractivity contribution in [2.45, 2.75) is 33.1 Å². The fourth-order valence-corrected chi connectivity index (χ4v) is 2.14. The first-order valence-electron chi connectivity index (χ1n) is 5.98. The van der Waals surface area contributed by atoms with Crippen molar-refractivity contribution in [1.82, 2.24) is 20.2 Å². The second-order valence-corrected chi connectivity index (χ2v) is 4.86. The fourth-order valence-electron chi connectivity index (χ4n) is 1.41. The van der Waals surface area contributed by atoms with E-state index in [4.69, 9.17) is 0 Å². The number of hydrogen-bond donors (Lipinski definition) is 2. The molecule has 0 fully saturated rings. The highest BCUT2D eigenvalue weighted by Gasteiger charge is 2.17. The summed E-state index contributed by atoms with van der Waals surface area (Å²) in [6, 6.07) is 0. The van der Waals surface area contributed by atoms with Crippen molar-refractivity contribution in [3.8, 4) is 0 Å². The minimum atomic E-state index is -0.0554. The van der Waals surface area contributed by atoms with E-state index < -0.39 is 0 Å². The fraction of sp³-hybridized carbons (Fsp3) is 0.727. The molecule has 0 aliphatic heterocycles. The van der Waals surface area contributed by atoms with Crippen molar-refractivity contribution in [2.24, 2.45) is 0 Å². The number of nitrogens with one attached hydrogen (secondary N) is 2. The lowest BCUT2D eigenvalue weighted by Gasteiger charge is -2.06. The molecule has 6 heteroatoms. The van der Waals surface area contributed by atoms with E-state index in [2.05, 4.69) is 27.1 Å². The summed E-state index contributed by atoms with van der Waals surface area (Å²) in [5.74, 6) is 0.177. The minimum absolute atomic E-state index is 0.0554. The van der Waals surface area contributed by atoms with E-state index >= 15 is 0 Å². The van der Waals surface area contributed by atoms with E-state index in [0.717, 1.165) is 25.2 Å². The Bertz CT molecular complexity index is 351. The van der Waals surface area contributed by atoms with Crippen LogP contribution in [0.2, 0.25) is 0 Å². The molecule has 1 heterocycles. The van der Waals surface area contributed by atoms with Gasteiger partial charge in [0.1, 0.15) is 4.88 Å². The zero-order valence-corrected chi connectivity index (χ0v) is 11.4. The van der Waals surface area contributed by atoms with Crippen molar-refractivity contribution in [2.75, 3.05) is 19.6 Å². The average Bonchev–Trinajstić information content (AvgIpc) is 2.77. The molecule has 0 spiro atoms. The van der Waals surface area contributed by atoms with Crippen LogP contribution in [0.1, 0.15) is 48.5 Å². The molecule has 0 aliphatic rings. The Hall–Kier alpha value is -1.01. The highest BCUT2D eigenvalue weighted by atomic mass is 32.1. The van der Waals surface area contributed by atoms with Crippen molar-refractivity contribution in [1.29, 1.82) is 0 Å². The van der Waals surface area contributed by atoms with Gasteiger partial charge in [-0.2, -0.15) is 0 Å². The summed E-state index contributed by atoms with van der Waals surface area (Å²) < 4.78 is 3.84. The first-order valence-corrected chi connectivity index (χ1v) is 6.75. The van der Waals surface area contributed by atoms with Gasteiger partial charge in [-0.1, -0.05) is 25.3 Å². The van der Waals surface area contributed by atoms with Crippen LogP contribution in [0.15, 0.2) is 0 Å². The first-order chi connectivity index (χ1) is 8.16. The number of carbonyl (C=O) groups is 1. The molecular weight excluding hydrogens is 236 g/mol. The molecule has 0 saturated carbocycles. The van der Waals surface area contributed by atoms with Crippen molar-refractivity contribution in [3.63, 3.8) is 0 Å². The monoisotopic (exact) mass is 256 g/mol. The third-order valence-electron chi connectivity index (χ3n) is 2.33. The minimum Gasteiger partial charge on any atom is -0.351 e. The van der Waals surface area contributed by atoms with Gasteiger partial charge in [-0.15, -0.1) is 5.10 Å². The second-order valence-electron chi connectivity index (χ2n) is 4.11. The Kier molecular flexibility index (Phi) is 6.07. The topological polar surface area (TPSA) is 66.9 Å². The molecule has 0 aliphatic carbocycles. The Balaban J connectivity index is 2.39. The summed E-state index contributed by atoms with van der Waals surface area (Å²) >= 11 is 1.17. The van der Waals surface area contributed by atoms with Gasteiger partial charge in [0, 0.05) is 6.54 Å². The lowest BCUT2D eigenvalue weighted by Crippen LogP contribution is -2.27. The maximum absolute atomic E-state index is 11.9. The van der Waals surface area contributed by atoms with E-state index in [0.29, 0.717) is 11.4 Å². The van der Waals surface area contributed by atoms with Gasteiger partial charge in [-0.05, 0) is 37.0 Å².